The maximum absolute atomic E-state index is 13.3. The van der Waals surface area contributed by atoms with E-state index in [1.165, 1.54) is 4.90 Å². The van der Waals surface area contributed by atoms with E-state index in [1.54, 1.807) is 11.8 Å². The first-order valence-electron chi connectivity index (χ1n) is 11.7. The molecule has 0 aromatic rings. The first-order valence-corrected chi connectivity index (χ1v) is 13.1. The molecule has 190 valence electrons. The third-order valence-corrected chi connectivity index (χ3v) is 6.34. The molecule has 0 spiro atoms. The lowest BCUT2D eigenvalue weighted by atomic mass is 10.0. The zero-order valence-electron chi connectivity index (χ0n) is 20.0. The molecule has 1 fully saturated rings. The van der Waals surface area contributed by atoms with Crippen LogP contribution in [0.2, 0.25) is 0 Å². The molecule has 4 unspecified atom stereocenters. The van der Waals surface area contributed by atoms with Crippen LogP contribution in [0.5, 0.6) is 0 Å². The topological polar surface area (TPSA) is 168 Å². The SMILES string of the molecule is CSCCC(NC(=O)C(N)CCCCN)C(=O)N1CCCC1C(=O)NC(CC(C)C)C(=O)O. The molecule has 1 heterocycles. The summed E-state index contributed by atoms with van der Waals surface area (Å²) in [5.41, 5.74) is 11.5. The Morgan fingerprint density at radius 2 is 1.82 bits per heavy atom. The van der Waals surface area contributed by atoms with Gasteiger partial charge < -0.3 is 32.1 Å². The van der Waals surface area contributed by atoms with Crippen LogP contribution in [0, 0.1) is 5.92 Å². The summed E-state index contributed by atoms with van der Waals surface area (Å²) >= 11 is 1.55. The van der Waals surface area contributed by atoms with Crippen molar-refractivity contribution in [3.63, 3.8) is 0 Å². The molecular formula is C22H41N5O5S. The van der Waals surface area contributed by atoms with Gasteiger partial charge in [0, 0.05) is 6.54 Å². The Balaban J connectivity index is 2.87. The van der Waals surface area contributed by atoms with Gasteiger partial charge in [-0.3, -0.25) is 14.4 Å². The number of carbonyl (C=O) groups excluding carboxylic acids is 3. The van der Waals surface area contributed by atoms with E-state index in [4.69, 9.17) is 11.5 Å². The maximum Gasteiger partial charge on any atom is 0.326 e. The number of rotatable bonds is 15. The zero-order valence-corrected chi connectivity index (χ0v) is 20.9. The number of amides is 3. The van der Waals surface area contributed by atoms with Gasteiger partial charge in [0.1, 0.15) is 18.1 Å². The largest absolute Gasteiger partial charge is 0.480 e. The van der Waals surface area contributed by atoms with Gasteiger partial charge in [-0.15, -0.1) is 0 Å². The Morgan fingerprint density at radius 1 is 1.12 bits per heavy atom. The van der Waals surface area contributed by atoms with Crippen molar-refractivity contribution in [1.82, 2.24) is 15.5 Å². The number of nitrogens with two attached hydrogens (primary N) is 2. The van der Waals surface area contributed by atoms with Gasteiger partial charge in [-0.2, -0.15) is 11.8 Å². The van der Waals surface area contributed by atoms with Crippen molar-refractivity contribution < 1.29 is 24.3 Å². The number of thioether (sulfide) groups is 1. The summed E-state index contributed by atoms with van der Waals surface area (Å²) in [6.45, 7) is 4.68. The molecule has 1 aliphatic rings. The highest BCUT2D eigenvalue weighted by molar-refractivity contribution is 7.98. The van der Waals surface area contributed by atoms with Gasteiger partial charge in [-0.25, -0.2) is 4.79 Å². The molecule has 1 saturated heterocycles. The van der Waals surface area contributed by atoms with Gasteiger partial charge in [-0.05, 0) is 63.0 Å². The Kier molecular flexibility index (Phi) is 13.4. The maximum atomic E-state index is 13.3. The fourth-order valence-electron chi connectivity index (χ4n) is 3.88. The number of carboxylic acid groups (broad SMARTS) is 1. The highest BCUT2D eigenvalue weighted by Crippen LogP contribution is 2.20. The third-order valence-electron chi connectivity index (χ3n) is 5.69. The van der Waals surface area contributed by atoms with Crippen LogP contribution < -0.4 is 22.1 Å². The van der Waals surface area contributed by atoms with Crippen molar-refractivity contribution in [2.24, 2.45) is 17.4 Å². The van der Waals surface area contributed by atoms with Crippen LogP contribution in [-0.4, -0.2) is 83.0 Å². The van der Waals surface area contributed by atoms with E-state index in [-0.39, 0.29) is 11.8 Å². The third kappa shape index (κ3) is 9.89. The van der Waals surface area contributed by atoms with Crippen LogP contribution in [0.4, 0.5) is 0 Å². The minimum Gasteiger partial charge on any atom is -0.480 e. The van der Waals surface area contributed by atoms with Crippen LogP contribution in [0.1, 0.15) is 58.8 Å². The number of nitrogens with zero attached hydrogens (tertiary/aromatic N) is 1. The number of nitrogens with one attached hydrogen (secondary N) is 2. The second-order valence-electron chi connectivity index (χ2n) is 8.95. The summed E-state index contributed by atoms with van der Waals surface area (Å²) in [5.74, 6) is -1.55. The molecule has 10 nitrogen and oxygen atoms in total. The standard InChI is InChI=1S/C22H41N5O5S/c1-14(2)13-17(22(31)32)26-20(29)18-8-6-11-27(18)21(30)16(9-12-33-3)25-19(28)15(24)7-4-5-10-23/h14-18H,4-13,23-24H2,1-3H3,(H,25,28)(H,26,29)(H,31,32). The summed E-state index contributed by atoms with van der Waals surface area (Å²) in [6, 6.07) is -3.28. The van der Waals surface area contributed by atoms with Crippen molar-refractivity contribution in [2.75, 3.05) is 25.1 Å². The van der Waals surface area contributed by atoms with E-state index in [0.29, 0.717) is 50.9 Å². The minimum atomic E-state index is -1.10. The van der Waals surface area contributed by atoms with Crippen molar-refractivity contribution >= 4 is 35.5 Å². The summed E-state index contributed by atoms with van der Waals surface area (Å²) in [4.78, 5) is 51.8. The number of unbranched alkanes of at least 4 members (excludes halogenated alkanes) is 1. The van der Waals surface area contributed by atoms with Gasteiger partial charge >= 0.3 is 5.97 Å². The number of hydrogen-bond acceptors (Lipinski definition) is 7. The number of carbonyl (C=O) groups is 4. The first kappa shape index (κ1) is 29.2. The molecule has 4 atom stereocenters. The molecule has 0 aromatic heterocycles. The van der Waals surface area contributed by atoms with E-state index >= 15 is 0 Å². The monoisotopic (exact) mass is 487 g/mol. The molecule has 3 amide bonds. The Morgan fingerprint density at radius 3 is 2.39 bits per heavy atom. The number of likely N-dealkylation sites (tertiary alicyclic amines) is 1. The molecule has 1 rings (SSSR count). The fraction of sp³-hybridized carbons (Fsp3) is 0.818. The van der Waals surface area contributed by atoms with Crippen LogP contribution in [0.15, 0.2) is 0 Å². The lowest BCUT2D eigenvalue weighted by Gasteiger charge is -2.30. The molecule has 0 aliphatic carbocycles. The smallest absolute Gasteiger partial charge is 0.326 e. The lowest BCUT2D eigenvalue weighted by Crippen LogP contribution is -2.57. The van der Waals surface area contributed by atoms with Crippen LogP contribution >= 0.6 is 11.8 Å². The summed E-state index contributed by atoms with van der Waals surface area (Å²) < 4.78 is 0. The summed E-state index contributed by atoms with van der Waals surface area (Å²) in [5, 5.41) is 14.8. The summed E-state index contributed by atoms with van der Waals surface area (Å²) in [7, 11) is 0. The molecule has 7 N–H and O–H groups in total. The van der Waals surface area contributed by atoms with E-state index in [0.717, 1.165) is 12.8 Å². The second-order valence-corrected chi connectivity index (χ2v) is 9.94. The predicted molar refractivity (Wildman–Crippen MR) is 130 cm³/mol. The second kappa shape index (κ2) is 15.1. The average molecular weight is 488 g/mol. The lowest BCUT2D eigenvalue weighted by molar-refractivity contribution is -0.145. The number of carboxylic acids is 1. The van der Waals surface area contributed by atoms with Gasteiger partial charge in [0.05, 0.1) is 6.04 Å². The molecule has 0 aromatic carbocycles. The van der Waals surface area contributed by atoms with Crippen molar-refractivity contribution in [1.29, 1.82) is 0 Å². The Hall–Kier alpha value is -1.85. The van der Waals surface area contributed by atoms with Gasteiger partial charge in [0.2, 0.25) is 17.7 Å². The molecule has 0 saturated carbocycles. The molecule has 33 heavy (non-hydrogen) atoms. The summed E-state index contributed by atoms with van der Waals surface area (Å²) in [6.07, 6.45) is 5.69. The quantitative estimate of drug-likeness (QED) is 0.205. The fourth-order valence-corrected chi connectivity index (χ4v) is 4.35. The zero-order chi connectivity index (χ0) is 25.0. The van der Waals surface area contributed by atoms with Gasteiger partial charge in [0.15, 0.2) is 0 Å². The molecular weight excluding hydrogens is 446 g/mol. The Bertz CT molecular complexity index is 663. The van der Waals surface area contributed by atoms with E-state index in [2.05, 4.69) is 10.6 Å². The number of aliphatic carboxylic acids is 1. The van der Waals surface area contributed by atoms with E-state index in [9.17, 15) is 24.3 Å². The average Bonchev–Trinajstić information content (AvgIpc) is 3.25. The molecule has 1 aliphatic heterocycles. The van der Waals surface area contributed by atoms with Gasteiger partial charge in [0.25, 0.3) is 0 Å². The highest BCUT2D eigenvalue weighted by Gasteiger charge is 2.39. The van der Waals surface area contributed by atoms with Crippen molar-refractivity contribution in [3.05, 3.63) is 0 Å². The molecule has 0 bridgehead atoms. The van der Waals surface area contributed by atoms with Crippen LogP contribution in [0.3, 0.4) is 0 Å². The predicted octanol–water partition coefficient (Wildman–Crippen LogP) is 0.287. The highest BCUT2D eigenvalue weighted by atomic mass is 32.2. The molecule has 0 radical (unpaired) electrons. The first-order chi connectivity index (χ1) is 15.6. The minimum absolute atomic E-state index is 0.0907. The normalized spacial score (nSPS) is 18.6. The molecule has 11 heteroatoms. The van der Waals surface area contributed by atoms with Crippen LogP contribution in [-0.2, 0) is 19.2 Å². The van der Waals surface area contributed by atoms with E-state index in [1.807, 2.05) is 20.1 Å². The van der Waals surface area contributed by atoms with Gasteiger partial charge in [-0.1, -0.05) is 20.3 Å². The number of hydrogen-bond donors (Lipinski definition) is 5. The van der Waals surface area contributed by atoms with Crippen LogP contribution in [0.25, 0.3) is 0 Å². The van der Waals surface area contributed by atoms with Crippen molar-refractivity contribution in [3.8, 4) is 0 Å². The van der Waals surface area contributed by atoms with Crippen molar-refractivity contribution in [2.45, 2.75) is 83.0 Å². The Labute approximate surface area is 200 Å². The van der Waals surface area contributed by atoms with E-state index < -0.39 is 42.0 Å².